The highest BCUT2D eigenvalue weighted by molar-refractivity contribution is 5.58. The second-order valence-electron chi connectivity index (χ2n) is 5.89. The average molecular weight is 376 g/mol. The molecule has 0 radical (unpaired) electrons. The number of allylic oxidation sites excluding steroid dienone is 4. The van der Waals surface area contributed by atoms with E-state index in [1.807, 2.05) is 0 Å². The van der Waals surface area contributed by atoms with Gasteiger partial charge in [0.25, 0.3) is 0 Å². The summed E-state index contributed by atoms with van der Waals surface area (Å²) in [6.07, 6.45) is -0.531. The highest BCUT2D eigenvalue weighted by Crippen LogP contribution is 2.34. The number of ether oxygens (including phenoxy) is 1. The Kier molecular flexibility index (Phi) is 5.18. The van der Waals surface area contributed by atoms with E-state index in [0.717, 1.165) is 11.6 Å². The summed E-state index contributed by atoms with van der Waals surface area (Å²) in [5, 5.41) is 11.6. The third-order valence-electron chi connectivity index (χ3n) is 4.10. The molecule has 0 amide bonds. The van der Waals surface area contributed by atoms with Crippen molar-refractivity contribution in [3.63, 3.8) is 0 Å². The van der Waals surface area contributed by atoms with Gasteiger partial charge in [-0.15, -0.1) is 10.2 Å². The number of hydrogen-bond acceptors (Lipinski definition) is 4. The SMILES string of the molecule is Cn1c(COC2=CC=CC(C(F)(F)F)C2)nnc1-c1ccc(N=[N+]=[N-])cc1. The zero-order valence-corrected chi connectivity index (χ0v) is 14.3. The van der Waals surface area contributed by atoms with Crippen molar-refractivity contribution in [2.75, 3.05) is 0 Å². The van der Waals surface area contributed by atoms with E-state index in [1.54, 1.807) is 35.9 Å². The molecule has 3 rings (SSSR count). The third-order valence-corrected chi connectivity index (χ3v) is 4.10. The molecule has 1 unspecified atom stereocenters. The first-order chi connectivity index (χ1) is 12.9. The van der Waals surface area contributed by atoms with Crippen LogP contribution in [0.4, 0.5) is 18.9 Å². The zero-order valence-electron chi connectivity index (χ0n) is 14.3. The molecule has 1 atom stereocenters. The third kappa shape index (κ3) is 4.29. The Bertz CT molecular complexity index is 923. The smallest absolute Gasteiger partial charge is 0.395 e. The lowest BCUT2D eigenvalue weighted by molar-refractivity contribution is -0.163. The molecule has 0 spiro atoms. The molecular weight excluding hydrogens is 361 g/mol. The minimum absolute atomic E-state index is 0.00452. The van der Waals surface area contributed by atoms with E-state index in [2.05, 4.69) is 20.2 Å². The molecule has 10 heteroatoms. The molecule has 1 heterocycles. The number of rotatable bonds is 5. The topological polar surface area (TPSA) is 88.7 Å². The summed E-state index contributed by atoms with van der Waals surface area (Å²) in [4.78, 5) is 2.71. The van der Waals surface area contributed by atoms with E-state index in [-0.39, 0.29) is 18.8 Å². The van der Waals surface area contributed by atoms with Crippen LogP contribution in [0.3, 0.4) is 0 Å². The minimum Gasteiger partial charge on any atom is -0.490 e. The van der Waals surface area contributed by atoms with Crippen molar-refractivity contribution in [1.82, 2.24) is 14.8 Å². The Morgan fingerprint density at radius 2 is 2.04 bits per heavy atom. The van der Waals surface area contributed by atoms with Gasteiger partial charge in [-0.2, -0.15) is 13.2 Å². The number of azide groups is 1. The number of nitrogens with zero attached hydrogens (tertiary/aromatic N) is 6. The summed E-state index contributed by atoms with van der Waals surface area (Å²) in [7, 11) is 1.74. The van der Waals surface area contributed by atoms with Crippen LogP contribution in [0.1, 0.15) is 12.2 Å². The molecule has 0 saturated heterocycles. The summed E-state index contributed by atoms with van der Waals surface area (Å²) >= 11 is 0. The first-order valence-corrected chi connectivity index (χ1v) is 7.99. The van der Waals surface area contributed by atoms with Gasteiger partial charge < -0.3 is 9.30 Å². The van der Waals surface area contributed by atoms with Crippen LogP contribution >= 0.6 is 0 Å². The van der Waals surface area contributed by atoms with Crippen molar-refractivity contribution in [3.8, 4) is 11.4 Å². The normalized spacial score (nSPS) is 16.6. The molecule has 0 bridgehead atoms. The predicted octanol–water partition coefficient (Wildman–Crippen LogP) is 4.96. The predicted molar refractivity (Wildman–Crippen MR) is 91.4 cm³/mol. The standard InChI is InChI=1S/C17H15F3N6O/c1-26-15(10-27-14-4-2-3-12(9-14)17(18,19)20)23-24-16(26)11-5-7-13(8-6-11)22-25-21/h2-8,12H,9-10H2,1H3. The van der Waals surface area contributed by atoms with E-state index in [4.69, 9.17) is 10.3 Å². The summed E-state index contributed by atoms with van der Waals surface area (Å²) in [5.74, 6) is -0.250. The van der Waals surface area contributed by atoms with Gasteiger partial charge in [-0.05, 0) is 11.6 Å². The Morgan fingerprint density at radius 1 is 1.30 bits per heavy atom. The van der Waals surface area contributed by atoms with Crippen LogP contribution in [0.15, 0.2) is 53.4 Å². The maximum Gasteiger partial charge on any atom is 0.395 e. The Morgan fingerprint density at radius 3 is 2.70 bits per heavy atom. The molecular formula is C17H15F3N6O. The first-order valence-electron chi connectivity index (χ1n) is 7.99. The van der Waals surface area contributed by atoms with Crippen molar-refractivity contribution < 1.29 is 17.9 Å². The van der Waals surface area contributed by atoms with Crippen LogP contribution in [-0.4, -0.2) is 20.9 Å². The number of aromatic nitrogens is 3. The fourth-order valence-electron chi connectivity index (χ4n) is 2.61. The Balaban J connectivity index is 1.68. The fourth-order valence-corrected chi connectivity index (χ4v) is 2.61. The molecule has 2 aromatic rings. The lowest BCUT2D eigenvalue weighted by Gasteiger charge is -2.21. The van der Waals surface area contributed by atoms with Crippen LogP contribution in [-0.2, 0) is 18.4 Å². The van der Waals surface area contributed by atoms with E-state index >= 15 is 0 Å². The molecule has 1 aliphatic carbocycles. The van der Waals surface area contributed by atoms with E-state index < -0.39 is 12.1 Å². The van der Waals surface area contributed by atoms with Crippen LogP contribution in [0.5, 0.6) is 0 Å². The van der Waals surface area contributed by atoms with Gasteiger partial charge in [0.05, 0.1) is 11.7 Å². The molecule has 7 nitrogen and oxygen atoms in total. The molecule has 1 aromatic carbocycles. The summed E-state index contributed by atoms with van der Waals surface area (Å²) < 4.78 is 45.7. The summed E-state index contributed by atoms with van der Waals surface area (Å²) in [6.45, 7) is 0.00452. The van der Waals surface area contributed by atoms with Crippen LogP contribution in [0.2, 0.25) is 0 Å². The van der Waals surface area contributed by atoms with Crippen LogP contribution in [0.25, 0.3) is 21.8 Å². The van der Waals surface area contributed by atoms with Crippen molar-refractivity contribution in [1.29, 1.82) is 0 Å². The number of hydrogen-bond donors (Lipinski definition) is 0. The molecule has 0 saturated carbocycles. The molecule has 0 aliphatic heterocycles. The minimum atomic E-state index is -4.29. The van der Waals surface area contributed by atoms with Gasteiger partial charge >= 0.3 is 6.18 Å². The van der Waals surface area contributed by atoms with Gasteiger partial charge in [0.2, 0.25) is 0 Å². The summed E-state index contributed by atoms with van der Waals surface area (Å²) in [6, 6.07) is 6.77. The maximum absolute atomic E-state index is 12.8. The molecule has 1 aliphatic rings. The lowest BCUT2D eigenvalue weighted by Crippen LogP contribution is -2.23. The van der Waals surface area contributed by atoms with Gasteiger partial charge in [-0.1, -0.05) is 41.5 Å². The van der Waals surface area contributed by atoms with Gasteiger partial charge in [0, 0.05) is 29.6 Å². The maximum atomic E-state index is 12.8. The zero-order chi connectivity index (χ0) is 19.4. The number of benzene rings is 1. The van der Waals surface area contributed by atoms with Gasteiger partial charge in [0.15, 0.2) is 11.6 Å². The quantitative estimate of drug-likeness (QED) is 0.419. The molecule has 140 valence electrons. The monoisotopic (exact) mass is 376 g/mol. The van der Waals surface area contributed by atoms with E-state index in [9.17, 15) is 13.2 Å². The van der Waals surface area contributed by atoms with Gasteiger partial charge in [0.1, 0.15) is 6.61 Å². The molecule has 0 fully saturated rings. The van der Waals surface area contributed by atoms with Gasteiger partial charge in [-0.25, -0.2) is 0 Å². The second kappa shape index (κ2) is 7.55. The summed E-state index contributed by atoms with van der Waals surface area (Å²) in [5.41, 5.74) is 9.66. The second-order valence-corrected chi connectivity index (χ2v) is 5.89. The first kappa shape index (κ1) is 18.5. The average Bonchev–Trinajstić information content (AvgIpc) is 3.01. The molecule has 27 heavy (non-hydrogen) atoms. The Labute approximate surface area is 152 Å². The van der Waals surface area contributed by atoms with Crippen molar-refractivity contribution >= 4 is 5.69 Å². The van der Waals surface area contributed by atoms with Crippen molar-refractivity contribution in [3.05, 3.63) is 64.5 Å². The van der Waals surface area contributed by atoms with Crippen LogP contribution in [0, 0.1) is 5.92 Å². The van der Waals surface area contributed by atoms with Crippen LogP contribution < -0.4 is 0 Å². The number of alkyl halides is 3. The van der Waals surface area contributed by atoms with Gasteiger partial charge in [-0.3, -0.25) is 0 Å². The van der Waals surface area contributed by atoms with E-state index in [1.165, 1.54) is 12.2 Å². The number of halogens is 3. The largest absolute Gasteiger partial charge is 0.490 e. The molecule has 0 N–H and O–H groups in total. The lowest BCUT2D eigenvalue weighted by atomic mass is 9.99. The fraction of sp³-hybridized carbons (Fsp3) is 0.294. The Hall–Kier alpha value is -3.26. The highest BCUT2D eigenvalue weighted by atomic mass is 19.4. The highest BCUT2D eigenvalue weighted by Gasteiger charge is 2.39. The molecule has 1 aromatic heterocycles. The van der Waals surface area contributed by atoms with E-state index in [0.29, 0.717) is 17.3 Å². The van der Waals surface area contributed by atoms with Crippen molar-refractivity contribution in [2.45, 2.75) is 19.2 Å². The van der Waals surface area contributed by atoms with Crippen molar-refractivity contribution in [2.24, 2.45) is 18.1 Å².